The van der Waals surface area contributed by atoms with Crippen molar-refractivity contribution in [2.75, 3.05) is 18.5 Å². The monoisotopic (exact) mass is 273 g/mol. The number of benzene rings is 2. The fraction of sp³-hybridized carbons (Fsp3) is 0.250. The van der Waals surface area contributed by atoms with E-state index in [-0.39, 0.29) is 0 Å². The van der Waals surface area contributed by atoms with E-state index in [0.717, 1.165) is 23.9 Å². The van der Waals surface area contributed by atoms with Gasteiger partial charge < -0.3 is 10.1 Å². The van der Waals surface area contributed by atoms with Crippen LogP contribution < -0.4 is 5.32 Å². The zero-order valence-electron chi connectivity index (χ0n) is 10.6. The highest BCUT2D eigenvalue weighted by molar-refractivity contribution is 6.30. The van der Waals surface area contributed by atoms with Gasteiger partial charge in [-0.1, -0.05) is 41.9 Å². The fourth-order valence-electron chi connectivity index (χ4n) is 2.48. The van der Waals surface area contributed by atoms with E-state index in [4.69, 9.17) is 16.3 Å². The highest BCUT2D eigenvalue weighted by Gasteiger charge is 2.29. The number of nitrogens with one attached hydrogen (secondary N) is 1. The van der Waals surface area contributed by atoms with Crippen LogP contribution in [-0.4, -0.2) is 19.3 Å². The lowest BCUT2D eigenvalue weighted by atomic mass is 9.94. The van der Waals surface area contributed by atoms with Gasteiger partial charge in [-0.25, -0.2) is 0 Å². The number of anilines is 1. The molecule has 0 spiro atoms. The van der Waals surface area contributed by atoms with Crippen molar-refractivity contribution >= 4 is 17.3 Å². The van der Waals surface area contributed by atoms with Gasteiger partial charge >= 0.3 is 0 Å². The first kappa shape index (κ1) is 12.5. The number of ether oxygens (including phenoxy) is 1. The van der Waals surface area contributed by atoms with E-state index in [1.807, 2.05) is 30.3 Å². The lowest BCUT2D eigenvalue weighted by Gasteiger charge is -2.20. The van der Waals surface area contributed by atoms with Gasteiger partial charge in [0.1, 0.15) is 0 Å². The number of hydrogen-bond donors (Lipinski definition) is 1. The Hall–Kier alpha value is -1.51. The minimum absolute atomic E-state index is 0.309. The highest BCUT2D eigenvalue weighted by Crippen LogP contribution is 2.29. The fourth-order valence-corrected chi connectivity index (χ4v) is 2.61. The van der Waals surface area contributed by atoms with Crippen molar-refractivity contribution < 1.29 is 4.74 Å². The first-order valence-electron chi connectivity index (χ1n) is 6.48. The van der Waals surface area contributed by atoms with Gasteiger partial charge in [0, 0.05) is 16.6 Å². The van der Waals surface area contributed by atoms with Crippen molar-refractivity contribution in [2.24, 2.45) is 0 Å². The molecule has 1 aliphatic heterocycles. The Kier molecular flexibility index (Phi) is 3.72. The lowest BCUT2D eigenvalue weighted by Crippen LogP contribution is -2.26. The van der Waals surface area contributed by atoms with Gasteiger partial charge in [-0.05, 0) is 29.8 Å². The summed E-state index contributed by atoms with van der Waals surface area (Å²) < 4.78 is 5.63. The average Bonchev–Trinajstić information content (AvgIpc) is 2.89. The van der Waals surface area contributed by atoms with E-state index < -0.39 is 0 Å². The maximum Gasteiger partial charge on any atom is 0.0675 e. The van der Waals surface area contributed by atoms with Crippen LogP contribution in [0, 0.1) is 0 Å². The molecule has 2 atom stereocenters. The molecule has 98 valence electrons. The topological polar surface area (TPSA) is 21.3 Å². The molecule has 19 heavy (non-hydrogen) atoms. The molecule has 2 aromatic rings. The molecule has 0 aromatic heterocycles. The van der Waals surface area contributed by atoms with Crippen molar-refractivity contribution in [1.29, 1.82) is 0 Å². The Balaban J connectivity index is 1.76. The van der Waals surface area contributed by atoms with Crippen LogP contribution in [0.1, 0.15) is 11.5 Å². The van der Waals surface area contributed by atoms with Gasteiger partial charge in [-0.2, -0.15) is 0 Å². The molecule has 0 bridgehead atoms. The second-order valence-corrected chi connectivity index (χ2v) is 5.25. The molecule has 0 unspecified atom stereocenters. The number of hydrogen-bond acceptors (Lipinski definition) is 2. The Morgan fingerprint density at radius 1 is 0.947 bits per heavy atom. The third kappa shape index (κ3) is 2.91. The second kappa shape index (κ2) is 5.64. The number of rotatable bonds is 3. The van der Waals surface area contributed by atoms with Gasteiger partial charge in [0.15, 0.2) is 0 Å². The first-order chi connectivity index (χ1) is 9.33. The van der Waals surface area contributed by atoms with E-state index in [9.17, 15) is 0 Å². The normalized spacial score (nSPS) is 22.4. The molecular weight excluding hydrogens is 258 g/mol. The van der Waals surface area contributed by atoms with Crippen LogP contribution in [0.2, 0.25) is 5.02 Å². The average molecular weight is 274 g/mol. The smallest absolute Gasteiger partial charge is 0.0675 e. The predicted molar refractivity (Wildman–Crippen MR) is 78.9 cm³/mol. The van der Waals surface area contributed by atoms with E-state index in [1.165, 1.54) is 5.56 Å². The van der Waals surface area contributed by atoms with Crippen molar-refractivity contribution in [3.05, 3.63) is 65.2 Å². The van der Waals surface area contributed by atoms with Gasteiger partial charge in [0.25, 0.3) is 0 Å². The van der Waals surface area contributed by atoms with Crippen LogP contribution in [0.3, 0.4) is 0 Å². The third-order valence-electron chi connectivity index (χ3n) is 3.50. The van der Waals surface area contributed by atoms with E-state index in [1.54, 1.807) is 0 Å². The first-order valence-corrected chi connectivity index (χ1v) is 6.85. The minimum Gasteiger partial charge on any atom is -0.379 e. The van der Waals surface area contributed by atoms with Crippen LogP contribution in [0.4, 0.5) is 5.69 Å². The molecule has 0 aliphatic carbocycles. The summed E-state index contributed by atoms with van der Waals surface area (Å²) in [5.74, 6) is 0.373. The standard InChI is InChI=1S/C16H16ClNO/c17-13-8-6-12(7-9-13)15-10-19-11-16(15)18-14-4-2-1-3-5-14/h1-9,15-16,18H,10-11H2/t15-,16-/m0/s1. The maximum atomic E-state index is 5.94. The van der Waals surface area contributed by atoms with Crippen LogP contribution in [-0.2, 0) is 4.74 Å². The van der Waals surface area contributed by atoms with Crippen LogP contribution >= 0.6 is 11.6 Å². The molecule has 2 nitrogen and oxygen atoms in total. The molecule has 0 saturated carbocycles. The van der Waals surface area contributed by atoms with Crippen molar-refractivity contribution in [3.8, 4) is 0 Å². The van der Waals surface area contributed by atoms with Crippen molar-refractivity contribution in [2.45, 2.75) is 12.0 Å². The zero-order valence-corrected chi connectivity index (χ0v) is 11.3. The summed E-state index contributed by atoms with van der Waals surface area (Å²) >= 11 is 5.94. The van der Waals surface area contributed by atoms with Crippen LogP contribution in [0.15, 0.2) is 54.6 Å². The summed E-state index contributed by atoms with van der Waals surface area (Å²) in [4.78, 5) is 0. The molecule has 1 aliphatic rings. The molecule has 0 radical (unpaired) electrons. The quantitative estimate of drug-likeness (QED) is 0.915. The van der Waals surface area contributed by atoms with Crippen LogP contribution in [0.5, 0.6) is 0 Å². The van der Waals surface area contributed by atoms with Gasteiger partial charge in [-0.3, -0.25) is 0 Å². The zero-order chi connectivity index (χ0) is 13.1. The van der Waals surface area contributed by atoms with Crippen LogP contribution in [0.25, 0.3) is 0 Å². The molecule has 3 rings (SSSR count). The third-order valence-corrected chi connectivity index (χ3v) is 3.76. The Morgan fingerprint density at radius 2 is 1.68 bits per heavy atom. The summed E-state index contributed by atoms with van der Waals surface area (Å²) in [7, 11) is 0. The largest absolute Gasteiger partial charge is 0.379 e. The Labute approximate surface area is 118 Å². The molecule has 2 aromatic carbocycles. The summed E-state index contributed by atoms with van der Waals surface area (Å²) in [5.41, 5.74) is 2.41. The summed E-state index contributed by atoms with van der Waals surface area (Å²) in [6.07, 6.45) is 0. The van der Waals surface area contributed by atoms with E-state index in [2.05, 4.69) is 29.6 Å². The molecular formula is C16H16ClNO. The molecule has 1 heterocycles. The Bertz CT molecular complexity index is 526. The summed E-state index contributed by atoms with van der Waals surface area (Å²) in [6.45, 7) is 1.49. The molecule has 1 N–H and O–H groups in total. The molecule has 0 amide bonds. The van der Waals surface area contributed by atoms with Crippen molar-refractivity contribution in [1.82, 2.24) is 0 Å². The van der Waals surface area contributed by atoms with E-state index in [0.29, 0.717) is 12.0 Å². The highest BCUT2D eigenvalue weighted by atomic mass is 35.5. The lowest BCUT2D eigenvalue weighted by molar-refractivity contribution is 0.192. The molecule has 1 fully saturated rings. The summed E-state index contributed by atoms with van der Waals surface area (Å²) in [6, 6.07) is 18.6. The molecule has 1 saturated heterocycles. The maximum absolute atomic E-state index is 5.94. The number of halogens is 1. The number of para-hydroxylation sites is 1. The van der Waals surface area contributed by atoms with Gasteiger partial charge in [-0.15, -0.1) is 0 Å². The molecule has 3 heteroatoms. The Morgan fingerprint density at radius 3 is 2.42 bits per heavy atom. The predicted octanol–water partition coefficient (Wildman–Crippen LogP) is 3.93. The van der Waals surface area contributed by atoms with Crippen molar-refractivity contribution in [3.63, 3.8) is 0 Å². The minimum atomic E-state index is 0.309. The van der Waals surface area contributed by atoms with Gasteiger partial charge in [0.05, 0.1) is 19.3 Å². The van der Waals surface area contributed by atoms with Gasteiger partial charge in [0.2, 0.25) is 0 Å². The second-order valence-electron chi connectivity index (χ2n) is 4.81. The van der Waals surface area contributed by atoms with E-state index >= 15 is 0 Å². The SMILES string of the molecule is Clc1ccc([C@@H]2COC[C@@H]2Nc2ccccc2)cc1. The summed E-state index contributed by atoms with van der Waals surface area (Å²) in [5, 5.41) is 4.32.